The SMILES string of the molecule is Cc1cc(Nc2ncnc(Nc3cccc(Cl)c3)c2N)no1. The smallest absolute Gasteiger partial charge is 0.175 e. The van der Waals surface area contributed by atoms with Gasteiger partial charge in [0.1, 0.15) is 17.8 Å². The van der Waals surface area contributed by atoms with E-state index in [0.717, 1.165) is 5.69 Å². The number of hydrogen-bond acceptors (Lipinski definition) is 7. The summed E-state index contributed by atoms with van der Waals surface area (Å²) in [5.74, 6) is 2.12. The first-order chi connectivity index (χ1) is 10.6. The monoisotopic (exact) mass is 316 g/mol. The standard InChI is InChI=1S/C14H13ClN6O/c1-8-5-11(21-22-8)20-14-12(16)13(17-7-18-14)19-10-4-2-3-9(15)6-10/h2-7H,16H2,1H3,(H2,17,18,19,20,21). The molecular formula is C14H13ClN6O. The second kappa shape index (κ2) is 5.90. The summed E-state index contributed by atoms with van der Waals surface area (Å²) in [7, 11) is 0. The minimum Gasteiger partial charge on any atom is -0.393 e. The van der Waals surface area contributed by atoms with E-state index in [-0.39, 0.29) is 0 Å². The highest BCUT2D eigenvalue weighted by Gasteiger charge is 2.10. The van der Waals surface area contributed by atoms with E-state index in [1.165, 1.54) is 6.33 Å². The molecule has 0 amide bonds. The first-order valence-corrected chi connectivity index (χ1v) is 6.83. The van der Waals surface area contributed by atoms with Crippen molar-refractivity contribution in [1.82, 2.24) is 15.1 Å². The van der Waals surface area contributed by atoms with Crippen molar-refractivity contribution in [3.8, 4) is 0 Å². The first kappa shape index (κ1) is 14.2. The number of benzene rings is 1. The summed E-state index contributed by atoms with van der Waals surface area (Å²) >= 11 is 5.96. The molecule has 0 saturated heterocycles. The van der Waals surface area contributed by atoms with Crippen molar-refractivity contribution in [1.29, 1.82) is 0 Å². The lowest BCUT2D eigenvalue weighted by Crippen LogP contribution is -2.05. The lowest BCUT2D eigenvalue weighted by atomic mass is 10.3. The normalized spacial score (nSPS) is 10.5. The molecule has 0 atom stereocenters. The van der Waals surface area contributed by atoms with Crippen molar-refractivity contribution in [2.24, 2.45) is 0 Å². The maximum atomic E-state index is 6.08. The Morgan fingerprint density at radius 1 is 1.14 bits per heavy atom. The lowest BCUT2D eigenvalue weighted by molar-refractivity contribution is 0.400. The van der Waals surface area contributed by atoms with Crippen molar-refractivity contribution in [3.63, 3.8) is 0 Å². The third-order valence-corrected chi connectivity index (χ3v) is 3.08. The number of nitrogens with one attached hydrogen (secondary N) is 2. The fraction of sp³-hybridized carbons (Fsp3) is 0.0714. The van der Waals surface area contributed by atoms with Crippen LogP contribution in [-0.2, 0) is 0 Å². The van der Waals surface area contributed by atoms with Crippen molar-refractivity contribution in [2.45, 2.75) is 6.92 Å². The number of hydrogen-bond donors (Lipinski definition) is 3. The summed E-state index contributed by atoms with van der Waals surface area (Å²) in [6, 6.07) is 9.00. The van der Waals surface area contributed by atoms with Crippen LogP contribution in [0.15, 0.2) is 41.2 Å². The Morgan fingerprint density at radius 3 is 2.59 bits per heavy atom. The fourth-order valence-corrected chi connectivity index (χ4v) is 2.03. The highest BCUT2D eigenvalue weighted by molar-refractivity contribution is 6.30. The number of aryl methyl sites for hydroxylation is 1. The highest BCUT2D eigenvalue weighted by Crippen LogP contribution is 2.28. The van der Waals surface area contributed by atoms with Gasteiger partial charge in [-0.05, 0) is 25.1 Å². The van der Waals surface area contributed by atoms with E-state index in [9.17, 15) is 0 Å². The van der Waals surface area contributed by atoms with Crippen molar-refractivity contribution in [3.05, 3.63) is 47.4 Å². The maximum absolute atomic E-state index is 6.08. The van der Waals surface area contributed by atoms with E-state index in [4.69, 9.17) is 21.9 Å². The Morgan fingerprint density at radius 2 is 1.91 bits per heavy atom. The molecule has 22 heavy (non-hydrogen) atoms. The molecule has 0 bridgehead atoms. The Hall–Kier alpha value is -2.80. The van der Waals surface area contributed by atoms with E-state index >= 15 is 0 Å². The van der Waals surface area contributed by atoms with E-state index in [2.05, 4.69) is 25.8 Å². The van der Waals surface area contributed by atoms with Gasteiger partial charge in [-0.2, -0.15) is 0 Å². The minimum absolute atomic E-state index is 0.364. The molecule has 4 N–H and O–H groups in total. The predicted octanol–water partition coefficient (Wildman–Crippen LogP) is 3.50. The highest BCUT2D eigenvalue weighted by atomic mass is 35.5. The van der Waals surface area contributed by atoms with Gasteiger partial charge in [0.15, 0.2) is 17.5 Å². The van der Waals surface area contributed by atoms with Crippen molar-refractivity contribution >= 4 is 40.4 Å². The van der Waals surface area contributed by atoms with Gasteiger partial charge in [-0.25, -0.2) is 9.97 Å². The van der Waals surface area contributed by atoms with Gasteiger partial charge in [-0.15, -0.1) is 0 Å². The van der Waals surface area contributed by atoms with Crippen LogP contribution in [0.1, 0.15) is 5.76 Å². The van der Waals surface area contributed by atoms with Gasteiger partial charge in [-0.3, -0.25) is 0 Å². The average Bonchev–Trinajstić information content (AvgIpc) is 2.89. The molecule has 2 heterocycles. The number of halogens is 1. The summed E-state index contributed by atoms with van der Waals surface area (Å²) in [6.45, 7) is 1.80. The lowest BCUT2D eigenvalue weighted by Gasteiger charge is -2.11. The zero-order valence-corrected chi connectivity index (χ0v) is 12.4. The third kappa shape index (κ3) is 3.09. The van der Waals surface area contributed by atoms with Gasteiger partial charge < -0.3 is 20.9 Å². The number of nitrogen functional groups attached to an aromatic ring is 1. The van der Waals surface area contributed by atoms with E-state index in [0.29, 0.717) is 33.9 Å². The molecular weight excluding hydrogens is 304 g/mol. The Balaban J connectivity index is 1.85. The molecule has 8 heteroatoms. The van der Waals surface area contributed by atoms with Gasteiger partial charge in [-0.1, -0.05) is 22.8 Å². The van der Waals surface area contributed by atoms with Crippen LogP contribution in [0.4, 0.5) is 28.8 Å². The molecule has 0 saturated carbocycles. The van der Waals surface area contributed by atoms with Gasteiger partial charge in [0.05, 0.1) is 0 Å². The molecule has 2 aromatic heterocycles. The van der Waals surface area contributed by atoms with Crippen LogP contribution in [-0.4, -0.2) is 15.1 Å². The molecule has 0 aliphatic carbocycles. The average molecular weight is 317 g/mol. The van der Waals surface area contributed by atoms with Gasteiger partial charge in [0.2, 0.25) is 0 Å². The molecule has 3 rings (SSSR count). The number of anilines is 5. The summed E-state index contributed by atoms with van der Waals surface area (Å²) < 4.78 is 4.99. The number of rotatable bonds is 4. The topological polar surface area (TPSA) is 102 Å². The molecule has 0 aliphatic heterocycles. The van der Waals surface area contributed by atoms with Gasteiger partial charge in [0, 0.05) is 16.8 Å². The summed E-state index contributed by atoms with van der Waals surface area (Å²) in [6.07, 6.45) is 1.40. The number of nitrogens with two attached hydrogens (primary N) is 1. The van der Waals surface area contributed by atoms with Crippen LogP contribution in [0.25, 0.3) is 0 Å². The summed E-state index contributed by atoms with van der Waals surface area (Å²) in [4.78, 5) is 8.24. The predicted molar refractivity (Wildman–Crippen MR) is 85.7 cm³/mol. The Kier molecular flexibility index (Phi) is 3.80. The van der Waals surface area contributed by atoms with Gasteiger partial charge >= 0.3 is 0 Å². The summed E-state index contributed by atoms with van der Waals surface area (Å²) in [5, 5.41) is 10.5. The summed E-state index contributed by atoms with van der Waals surface area (Å²) in [5.41, 5.74) is 7.23. The molecule has 0 unspecified atom stereocenters. The van der Waals surface area contributed by atoms with E-state index in [1.54, 1.807) is 25.1 Å². The molecule has 0 spiro atoms. The largest absolute Gasteiger partial charge is 0.393 e. The van der Waals surface area contributed by atoms with E-state index in [1.807, 2.05) is 12.1 Å². The second-order valence-electron chi connectivity index (χ2n) is 4.57. The minimum atomic E-state index is 0.364. The van der Waals surface area contributed by atoms with Crippen LogP contribution in [0.3, 0.4) is 0 Å². The molecule has 0 aliphatic rings. The quantitative estimate of drug-likeness (QED) is 0.677. The zero-order chi connectivity index (χ0) is 15.5. The fourth-order valence-electron chi connectivity index (χ4n) is 1.84. The second-order valence-corrected chi connectivity index (χ2v) is 5.00. The molecule has 7 nitrogen and oxygen atoms in total. The molecule has 1 aromatic carbocycles. The van der Waals surface area contributed by atoms with Crippen molar-refractivity contribution in [2.75, 3.05) is 16.4 Å². The molecule has 112 valence electrons. The van der Waals surface area contributed by atoms with Crippen LogP contribution >= 0.6 is 11.6 Å². The molecule has 0 fully saturated rings. The van der Waals surface area contributed by atoms with Crippen molar-refractivity contribution < 1.29 is 4.52 Å². The third-order valence-electron chi connectivity index (χ3n) is 2.85. The number of aromatic nitrogens is 3. The number of nitrogens with zero attached hydrogens (tertiary/aromatic N) is 3. The first-order valence-electron chi connectivity index (χ1n) is 6.45. The van der Waals surface area contributed by atoms with Gasteiger partial charge in [0.25, 0.3) is 0 Å². The maximum Gasteiger partial charge on any atom is 0.175 e. The van der Waals surface area contributed by atoms with Crippen LogP contribution in [0.2, 0.25) is 5.02 Å². The Labute approximate surface area is 131 Å². The molecule has 0 radical (unpaired) electrons. The van der Waals surface area contributed by atoms with E-state index < -0.39 is 0 Å². The van der Waals surface area contributed by atoms with Crippen LogP contribution < -0.4 is 16.4 Å². The zero-order valence-electron chi connectivity index (χ0n) is 11.7. The molecule has 3 aromatic rings. The van der Waals surface area contributed by atoms with Crippen LogP contribution in [0, 0.1) is 6.92 Å². The van der Waals surface area contributed by atoms with Crippen LogP contribution in [0.5, 0.6) is 0 Å². The Bertz CT molecular complexity index is 804.